The van der Waals surface area contributed by atoms with Crippen LogP contribution < -0.4 is 10.4 Å². The summed E-state index contributed by atoms with van der Waals surface area (Å²) in [6.45, 7) is -0.421. The van der Waals surface area contributed by atoms with E-state index >= 15 is 4.39 Å². The van der Waals surface area contributed by atoms with Crippen LogP contribution in [-0.4, -0.2) is 62.8 Å². The zero-order valence-electron chi connectivity index (χ0n) is 18.3. The molecule has 1 saturated heterocycles. The molecule has 0 aliphatic carbocycles. The Balaban J connectivity index is 1.35. The zero-order chi connectivity index (χ0) is 24.6. The SMILES string of the molecule is O=C1O[C@@H](Cn2ccnn2)CN1c1ccc(-c2ccc(C3=CC(CO)(CO)ON3)cc2F)c(F)c1. The lowest BCUT2D eigenvalue weighted by molar-refractivity contribution is -0.0922. The molecule has 0 bridgehead atoms. The number of hydrogen-bond donors (Lipinski definition) is 3. The molecule has 2 aliphatic rings. The Morgan fingerprint density at radius 3 is 2.49 bits per heavy atom. The summed E-state index contributed by atoms with van der Waals surface area (Å²) in [5, 5.41) is 26.4. The number of amides is 1. The van der Waals surface area contributed by atoms with Gasteiger partial charge in [0.05, 0.1) is 43.9 Å². The molecule has 182 valence electrons. The fraction of sp³-hybridized carbons (Fsp3) is 0.261. The van der Waals surface area contributed by atoms with Gasteiger partial charge in [-0.1, -0.05) is 17.3 Å². The van der Waals surface area contributed by atoms with Gasteiger partial charge < -0.3 is 14.9 Å². The highest BCUT2D eigenvalue weighted by Crippen LogP contribution is 2.33. The highest BCUT2D eigenvalue weighted by Gasteiger charge is 2.35. The largest absolute Gasteiger partial charge is 0.442 e. The van der Waals surface area contributed by atoms with E-state index in [1.54, 1.807) is 12.3 Å². The third kappa shape index (κ3) is 4.34. The zero-order valence-corrected chi connectivity index (χ0v) is 18.3. The number of ether oxygens (including phenoxy) is 1. The van der Waals surface area contributed by atoms with Crippen LogP contribution in [-0.2, 0) is 16.1 Å². The monoisotopic (exact) mass is 485 g/mol. The van der Waals surface area contributed by atoms with Crippen molar-refractivity contribution in [2.75, 3.05) is 24.7 Å². The van der Waals surface area contributed by atoms with Crippen LogP contribution in [0.5, 0.6) is 0 Å². The molecule has 12 heteroatoms. The van der Waals surface area contributed by atoms with Gasteiger partial charge >= 0.3 is 6.09 Å². The molecular weight excluding hydrogens is 464 g/mol. The maximum absolute atomic E-state index is 15.0. The number of nitrogens with zero attached hydrogens (tertiary/aromatic N) is 4. The number of rotatable bonds is 7. The summed E-state index contributed by atoms with van der Waals surface area (Å²) in [6.07, 6.45) is 3.53. The summed E-state index contributed by atoms with van der Waals surface area (Å²) in [7, 11) is 0. The summed E-state index contributed by atoms with van der Waals surface area (Å²) in [6, 6.07) is 8.26. The van der Waals surface area contributed by atoms with Gasteiger partial charge in [-0.2, -0.15) is 0 Å². The second-order valence-electron chi connectivity index (χ2n) is 8.24. The molecule has 1 aromatic heterocycles. The molecule has 35 heavy (non-hydrogen) atoms. The third-order valence-corrected chi connectivity index (χ3v) is 5.88. The molecule has 0 saturated carbocycles. The highest BCUT2D eigenvalue weighted by molar-refractivity contribution is 5.90. The van der Waals surface area contributed by atoms with Gasteiger partial charge in [-0.15, -0.1) is 5.10 Å². The number of aliphatic hydroxyl groups is 2. The summed E-state index contributed by atoms with van der Waals surface area (Å²) in [4.78, 5) is 18.8. The molecule has 0 radical (unpaired) electrons. The van der Waals surface area contributed by atoms with Gasteiger partial charge in [-0.05, 0) is 30.3 Å². The van der Waals surface area contributed by atoms with Crippen LogP contribution >= 0.6 is 0 Å². The second kappa shape index (κ2) is 9.06. The van der Waals surface area contributed by atoms with Gasteiger partial charge in [-0.25, -0.2) is 18.3 Å². The van der Waals surface area contributed by atoms with Crippen LogP contribution in [0.1, 0.15) is 5.56 Å². The summed E-state index contributed by atoms with van der Waals surface area (Å²) in [5.41, 5.74) is 2.35. The van der Waals surface area contributed by atoms with E-state index in [1.165, 1.54) is 46.1 Å². The van der Waals surface area contributed by atoms with E-state index in [0.29, 0.717) is 17.8 Å². The van der Waals surface area contributed by atoms with Crippen LogP contribution in [0.15, 0.2) is 54.9 Å². The molecule has 2 aliphatic heterocycles. The number of carbonyl (C=O) groups is 1. The lowest BCUT2D eigenvalue weighted by Gasteiger charge is -2.18. The van der Waals surface area contributed by atoms with Crippen molar-refractivity contribution in [3.05, 3.63) is 72.1 Å². The number of hydroxylamine groups is 1. The van der Waals surface area contributed by atoms with E-state index in [-0.39, 0.29) is 23.4 Å². The van der Waals surface area contributed by atoms with Crippen LogP contribution in [0, 0.1) is 11.6 Å². The number of hydrogen-bond acceptors (Lipinski definition) is 8. The average molecular weight is 485 g/mol. The van der Waals surface area contributed by atoms with Crippen molar-refractivity contribution in [2.24, 2.45) is 0 Å². The van der Waals surface area contributed by atoms with Gasteiger partial charge in [0.25, 0.3) is 0 Å². The number of aromatic nitrogens is 3. The van der Waals surface area contributed by atoms with Crippen molar-refractivity contribution in [1.82, 2.24) is 20.5 Å². The van der Waals surface area contributed by atoms with Crippen molar-refractivity contribution in [1.29, 1.82) is 0 Å². The molecule has 5 rings (SSSR count). The van der Waals surface area contributed by atoms with Crippen molar-refractivity contribution < 1.29 is 33.4 Å². The van der Waals surface area contributed by atoms with E-state index in [9.17, 15) is 19.4 Å². The van der Waals surface area contributed by atoms with Gasteiger partial charge in [0.15, 0.2) is 5.60 Å². The number of nitrogens with one attached hydrogen (secondary N) is 1. The summed E-state index contributed by atoms with van der Waals surface area (Å²) < 4.78 is 36.9. The Hall–Kier alpha value is -3.87. The molecule has 1 fully saturated rings. The van der Waals surface area contributed by atoms with E-state index in [1.807, 2.05) is 0 Å². The van der Waals surface area contributed by atoms with Gasteiger partial charge in [-0.3, -0.25) is 15.2 Å². The molecule has 0 spiro atoms. The van der Waals surface area contributed by atoms with Gasteiger partial charge in [0.2, 0.25) is 0 Å². The van der Waals surface area contributed by atoms with Crippen LogP contribution in [0.2, 0.25) is 0 Å². The summed E-state index contributed by atoms with van der Waals surface area (Å²) in [5.74, 6) is -1.39. The molecule has 3 heterocycles. The Morgan fingerprint density at radius 2 is 1.86 bits per heavy atom. The number of anilines is 1. The lowest BCUT2D eigenvalue weighted by Crippen LogP contribution is -2.37. The van der Waals surface area contributed by atoms with Gasteiger partial charge in [0.1, 0.15) is 17.7 Å². The Labute approximate surface area is 197 Å². The smallest absolute Gasteiger partial charge is 0.414 e. The minimum Gasteiger partial charge on any atom is -0.442 e. The minimum absolute atomic E-state index is 0.0224. The van der Waals surface area contributed by atoms with E-state index in [4.69, 9.17) is 9.57 Å². The van der Waals surface area contributed by atoms with Gasteiger partial charge in [0, 0.05) is 22.9 Å². The Bertz CT molecular complexity index is 1280. The molecule has 3 aromatic rings. The maximum atomic E-state index is 15.0. The number of aliphatic hydroxyl groups excluding tert-OH is 2. The number of benzene rings is 2. The minimum atomic E-state index is -1.31. The van der Waals surface area contributed by atoms with Crippen molar-refractivity contribution in [3.63, 3.8) is 0 Å². The molecule has 2 aromatic carbocycles. The first-order chi connectivity index (χ1) is 16.9. The molecule has 1 amide bonds. The molecular formula is C23H21F2N5O5. The van der Waals surface area contributed by atoms with Crippen molar-refractivity contribution in [3.8, 4) is 11.1 Å². The first kappa shape index (κ1) is 22.9. The first-order valence-electron chi connectivity index (χ1n) is 10.7. The summed E-state index contributed by atoms with van der Waals surface area (Å²) >= 11 is 0. The van der Waals surface area contributed by atoms with Crippen molar-refractivity contribution in [2.45, 2.75) is 18.2 Å². The quantitative estimate of drug-likeness (QED) is 0.464. The fourth-order valence-electron chi connectivity index (χ4n) is 3.98. The first-order valence-corrected chi connectivity index (χ1v) is 10.7. The molecule has 3 N–H and O–H groups in total. The standard InChI is InChI=1S/C23H21F2N5O5/c24-19-7-14(21-9-23(12-31,13-32)35-27-21)1-3-17(19)18-4-2-15(8-20(18)25)30-11-16(34-22(30)33)10-29-6-5-26-28-29/h1-9,16,27,31-32H,10-13H2/t16-/m0/s1. The Kier molecular flexibility index (Phi) is 5.93. The highest BCUT2D eigenvalue weighted by atomic mass is 19.1. The topological polar surface area (TPSA) is 122 Å². The Morgan fingerprint density at radius 1 is 1.11 bits per heavy atom. The van der Waals surface area contributed by atoms with E-state index < -0.39 is 42.6 Å². The molecule has 0 unspecified atom stereocenters. The van der Waals surface area contributed by atoms with Crippen molar-refractivity contribution >= 4 is 17.5 Å². The van der Waals surface area contributed by atoms with Crippen LogP contribution in [0.3, 0.4) is 0 Å². The van der Waals surface area contributed by atoms with E-state index in [0.717, 1.165) is 6.07 Å². The second-order valence-corrected chi connectivity index (χ2v) is 8.24. The normalized spacial score (nSPS) is 19.0. The van der Waals surface area contributed by atoms with Crippen LogP contribution in [0.25, 0.3) is 16.8 Å². The number of halogens is 2. The molecule has 1 atom stereocenters. The predicted octanol–water partition coefficient (Wildman–Crippen LogP) is 1.85. The lowest BCUT2D eigenvalue weighted by atomic mass is 9.99. The number of cyclic esters (lactones) is 1. The fourth-order valence-corrected chi connectivity index (χ4v) is 3.98. The van der Waals surface area contributed by atoms with Crippen LogP contribution in [0.4, 0.5) is 19.3 Å². The average Bonchev–Trinajstić information content (AvgIpc) is 3.60. The third-order valence-electron chi connectivity index (χ3n) is 5.88. The van der Waals surface area contributed by atoms with E-state index in [2.05, 4.69) is 15.8 Å². The predicted molar refractivity (Wildman–Crippen MR) is 119 cm³/mol. The maximum Gasteiger partial charge on any atom is 0.414 e. The number of carbonyl (C=O) groups excluding carboxylic acids is 1. The molecule has 10 nitrogen and oxygen atoms in total.